The number of aliphatic imine (C=N–C) groups is 1. The van der Waals surface area contributed by atoms with Crippen LogP contribution in [0.2, 0.25) is 0 Å². The zero-order chi connectivity index (χ0) is 20.6. The Kier molecular flexibility index (Phi) is 9.87. The summed E-state index contributed by atoms with van der Waals surface area (Å²) in [6, 6.07) is 8.29. The molecule has 166 valence electrons. The Hall–Kier alpha value is -1.84. The van der Waals surface area contributed by atoms with Crippen LogP contribution >= 0.6 is 24.0 Å². The number of esters is 1. The number of hydrogen-bond donors (Lipinski definition) is 1. The molecule has 7 nitrogen and oxygen atoms in total. The number of likely N-dealkylation sites (tertiary alicyclic amines) is 1. The molecule has 30 heavy (non-hydrogen) atoms. The molecule has 0 bridgehead atoms. The van der Waals surface area contributed by atoms with E-state index >= 15 is 0 Å². The molecular formula is C22H33IN4O3. The van der Waals surface area contributed by atoms with Crippen LogP contribution in [0.15, 0.2) is 29.3 Å². The molecule has 0 saturated carbocycles. The predicted octanol–water partition coefficient (Wildman–Crippen LogP) is 2.43. The smallest absolute Gasteiger partial charge is 0.310 e. The number of halogens is 1. The van der Waals surface area contributed by atoms with E-state index in [4.69, 9.17) is 4.74 Å². The summed E-state index contributed by atoms with van der Waals surface area (Å²) in [4.78, 5) is 33.4. The van der Waals surface area contributed by atoms with Crippen molar-refractivity contribution in [3.63, 3.8) is 0 Å². The Morgan fingerprint density at radius 2 is 1.93 bits per heavy atom. The van der Waals surface area contributed by atoms with E-state index in [2.05, 4.69) is 27.3 Å². The highest BCUT2D eigenvalue weighted by molar-refractivity contribution is 14.0. The van der Waals surface area contributed by atoms with Gasteiger partial charge in [-0.1, -0.05) is 24.3 Å². The number of hydrogen-bond acceptors (Lipinski definition) is 4. The second-order valence-electron chi connectivity index (χ2n) is 7.54. The molecule has 1 aromatic rings. The third kappa shape index (κ3) is 6.33. The highest BCUT2D eigenvalue weighted by Crippen LogP contribution is 2.19. The average Bonchev–Trinajstić information content (AvgIpc) is 2.76. The number of benzene rings is 1. The fourth-order valence-corrected chi connectivity index (χ4v) is 4.00. The highest BCUT2D eigenvalue weighted by atomic mass is 127. The molecule has 2 aliphatic heterocycles. The van der Waals surface area contributed by atoms with E-state index in [1.807, 2.05) is 30.9 Å². The van der Waals surface area contributed by atoms with Gasteiger partial charge >= 0.3 is 5.97 Å². The van der Waals surface area contributed by atoms with Crippen molar-refractivity contribution >= 4 is 41.8 Å². The molecule has 1 N–H and O–H groups in total. The minimum atomic E-state index is -0.142. The van der Waals surface area contributed by atoms with Crippen LogP contribution in [0.5, 0.6) is 0 Å². The van der Waals surface area contributed by atoms with Gasteiger partial charge in [0.25, 0.3) is 0 Å². The molecule has 1 amide bonds. The van der Waals surface area contributed by atoms with Crippen LogP contribution in [0, 0.1) is 5.92 Å². The molecule has 1 unspecified atom stereocenters. The van der Waals surface area contributed by atoms with Gasteiger partial charge in [-0.15, -0.1) is 24.0 Å². The van der Waals surface area contributed by atoms with E-state index in [0.29, 0.717) is 32.2 Å². The molecule has 8 heteroatoms. The summed E-state index contributed by atoms with van der Waals surface area (Å²) in [6.45, 7) is 7.85. The van der Waals surface area contributed by atoms with Crippen molar-refractivity contribution in [2.75, 3.05) is 39.3 Å². The molecule has 1 atom stereocenters. The maximum absolute atomic E-state index is 12.8. The number of amides is 1. The van der Waals surface area contributed by atoms with Crippen molar-refractivity contribution in [3.8, 4) is 0 Å². The van der Waals surface area contributed by atoms with Crippen LogP contribution in [0.4, 0.5) is 0 Å². The third-order valence-corrected chi connectivity index (χ3v) is 5.52. The monoisotopic (exact) mass is 528 g/mol. The largest absolute Gasteiger partial charge is 0.466 e. The number of fused-ring (bicyclic) bond motifs is 1. The van der Waals surface area contributed by atoms with Gasteiger partial charge in [0, 0.05) is 32.7 Å². The average molecular weight is 528 g/mol. The first-order valence-corrected chi connectivity index (χ1v) is 10.7. The summed E-state index contributed by atoms with van der Waals surface area (Å²) in [5.41, 5.74) is 2.54. The fourth-order valence-electron chi connectivity index (χ4n) is 4.00. The van der Waals surface area contributed by atoms with Gasteiger partial charge in [0.05, 0.1) is 12.5 Å². The lowest BCUT2D eigenvalue weighted by Crippen LogP contribution is -2.48. The number of carbonyl (C=O) groups excluding carboxylic acids is 2. The first kappa shape index (κ1) is 24.4. The second-order valence-corrected chi connectivity index (χ2v) is 7.54. The number of carbonyl (C=O) groups is 2. The normalized spacial score (nSPS) is 18.9. The molecule has 1 saturated heterocycles. The van der Waals surface area contributed by atoms with Crippen molar-refractivity contribution in [2.45, 2.75) is 39.7 Å². The zero-order valence-corrected chi connectivity index (χ0v) is 20.3. The first-order valence-electron chi connectivity index (χ1n) is 10.7. The van der Waals surface area contributed by atoms with Crippen LogP contribution in [0.3, 0.4) is 0 Å². The van der Waals surface area contributed by atoms with Gasteiger partial charge in [-0.3, -0.25) is 9.59 Å². The summed E-state index contributed by atoms with van der Waals surface area (Å²) < 4.78 is 5.19. The van der Waals surface area contributed by atoms with Gasteiger partial charge in [0.1, 0.15) is 6.54 Å². The van der Waals surface area contributed by atoms with Crippen molar-refractivity contribution in [1.29, 1.82) is 0 Å². The predicted molar refractivity (Wildman–Crippen MR) is 128 cm³/mol. The summed E-state index contributed by atoms with van der Waals surface area (Å²) in [6.07, 6.45) is 2.63. The Balaban J connectivity index is 0.00000320. The van der Waals surface area contributed by atoms with Gasteiger partial charge < -0.3 is 19.9 Å². The third-order valence-electron chi connectivity index (χ3n) is 5.52. The van der Waals surface area contributed by atoms with Gasteiger partial charge in [0.2, 0.25) is 5.91 Å². The first-order chi connectivity index (χ1) is 14.1. The summed E-state index contributed by atoms with van der Waals surface area (Å²) in [5, 5.41) is 3.27. The van der Waals surface area contributed by atoms with Gasteiger partial charge in [-0.05, 0) is 44.2 Å². The zero-order valence-electron chi connectivity index (χ0n) is 17.9. The van der Waals surface area contributed by atoms with Crippen LogP contribution in [0.1, 0.15) is 37.8 Å². The number of rotatable bonds is 5. The summed E-state index contributed by atoms with van der Waals surface area (Å²) in [7, 11) is 0. The van der Waals surface area contributed by atoms with Gasteiger partial charge in [0.15, 0.2) is 5.96 Å². The van der Waals surface area contributed by atoms with Crippen LogP contribution in [-0.2, 0) is 27.3 Å². The molecule has 2 heterocycles. The topological polar surface area (TPSA) is 74.2 Å². The Labute approximate surface area is 196 Å². The van der Waals surface area contributed by atoms with E-state index < -0.39 is 0 Å². The standard InChI is InChI=1S/C22H32N4O3.HI/c1-3-23-22(26-12-7-10-19(16-26)21(28)29-4-2)24-14-20(27)25-13-11-17-8-5-6-9-18(17)15-25;/h5-6,8-9,19H,3-4,7,10-16H2,1-2H3,(H,23,24);1H. The molecule has 1 fully saturated rings. The number of ether oxygens (including phenoxy) is 1. The minimum absolute atomic E-state index is 0. The van der Waals surface area contributed by atoms with Crippen LogP contribution in [0.25, 0.3) is 0 Å². The number of nitrogens with one attached hydrogen (secondary N) is 1. The lowest BCUT2D eigenvalue weighted by Gasteiger charge is -2.34. The van der Waals surface area contributed by atoms with Crippen molar-refractivity contribution in [2.24, 2.45) is 10.9 Å². The lowest BCUT2D eigenvalue weighted by molar-refractivity contribution is -0.149. The maximum Gasteiger partial charge on any atom is 0.310 e. The lowest BCUT2D eigenvalue weighted by atomic mass is 9.98. The van der Waals surface area contributed by atoms with Crippen LogP contribution < -0.4 is 5.32 Å². The van der Waals surface area contributed by atoms with Crippen molar-refractivity contribution in [3.05, 3.63) is 35.4 Å². The molecule has 2 aliphatic rings. The SMILES string of the molecule is CCNC(=NCC(=O)N1CCc2ccccc2C1)N1CCCC(C(=O)OCC)C1.I. The molecule has 0 aromatic heterocycles. The molecule has 3 rings (SSSR count). The van der Waals surface area contributed by atoms with E-state index in [1.165, 1.54) is 11.1 Å². The molecule has 0 aliphatic carbocycles. The summed E-state index contributed by atoms with van der Waals surface area (Å²) in [5.74, 6) is 0.457. The number of piperidine rings is 1. The van der Waals surface area contributed by atoms with Crippen molar-refractivity contribution < 1.29 is 14.3 Å². The molecule has 0 radical (unpaired) electrons. The fraction of sp³-hybridized carbons (Fsp3) is 0.591. The Morgan fingerprint density at radius 3 is 2.67 bits per heavy atom. The second kappa shape index (κ2) is 12.1. The molecule has 0 spiro atoms. The molecular weight excluding hydrogens is 495 g/mol. The van der Waals surface area contributed by atoms with Crippen molar-refractivity contribution in [1.82, 2.24) is 15.1 Å². The van der Waals surface area contributed by atoms with Gasteiger partial charge in [-0.2, -0.15) is 0 Å². The van der Waals surface area contributed by atoms with Gasteiger partial charge in [-0.25, -0.2) is 4.99 Å². The molecule has 1 aromatic carbocycles. The van der Waals surface area contributed by atoms with E-state index in [0.717, 1.165) is 32.4 Å². The van der Waals surface area contributed by atoms with E-state index in [1.54, 1.807) is 0 Å². The number of nitrogens with zero attached hydrogens (tertiary/aromatic N) is 3. The van der Waals surface area contributed by atoms with E-state index in [9.17, 15) is 9.59 Å². The summed E-state index contributed by atoms with van der Waals surface area (Å²) >= 11 is 0. The Bertz CT molecular complexity index is 756. The quantitative estimate of drug-likeness (QED) is 0.275. The van der Waals surface area contributed by atoms with Crippen LogP contribution in [-0.4, -0.2) is 67.0 Å². The Morgan fingerprint density at radius 1 is 1.17 bits per heavy atom. The highest BCUT2D eigenvalue weighted by Gasteiger charge is 2.28. The maximum atomic E-state index is 12.8. The number of guanidine groups is 1. The van der Waals surface area contributed by atoms with E-state index in [-0.39, 0.29) is 48.3 Å². The minimum Gasteiger partial charge on any atom is -0.466 e.